The van der Waals surface area contributed by atoms with Crippen molar-refractivity contribution < 1.29 is 23.9 Å². The van der Waals surface area contributed by atoms with Crippen LogP contribution in [0.4, 0.5) is 4.79 Å². The molecule has 0 spiro atoms. The van der Waals surface area contributed by atoms with E-state index in [1.54, 1.807) is 0 Å². The van der Waals surface area contributed by atoms with Crippen molar-refractivity contribution in [2.45, 2.75) is 75.9 Å². The Kier molecular flexibility index (Phi) is 9.89. The molecule has 2 fully saturated rings. The van der Waals surface area contributed by atoms with Crippen molar-refractivity contribution in [3.05, 3.63) is 0 Å². The fraction of sp³-hybridized carbons (Fsp3) is 0.762. The average Bonchev–Trinajstić information content (AvgIpc) is 3.46. The molecular formula is C21H36N6O5. The Morgan fingerprint density at radius 1 is 1.25 bits per heavy atom. The number of imide groups is 1. The summed E-state index contributed by atoms with van der Waals surface area (Å²) < 4.78 is 4.76. The molecular weight excluding hydrogens is 416 g/mol. The van der Waals surface area contributed by atoms with Crippen molar-refractivity contribution in [1.82, 2.24) is 15.1 Å². The third kappa shape index (κ3) is 6.65. The summed E-state index contributed by atoms with van der Waals surface area (Å²) in [7, 11) is 1.14. The molecule has 32 heavy (non-hydrogen) atoms. The van der Waals surface area contributed by atoms with E-state index in [0.29, 0.717) is 51.0 Å². The molecule has 0 aromatic heterocycles. The zero-order chi connectivity index (χ0) is 23.7. The van der Waals surface area contributed by atoms with Crippen LogP contribution in [-0.2, 0) is 19.1 Å². The minimum absolute atomic E-state index is 0.173. The van der Waals surface area contributed by atoms with Gasteiger partial charge in [0.2, 0.25) is 5.91 Å². The Balaban J connectivity index is 2.08. The molecule has 1 aliphatic heterocycles. The SMILES string of the molecule is COC(=O)N(C(=O)[C@@H]1CCCN1C(=O)[C@H](N)CC1CCCC1)[C@H](C=O)CCCNC(=N)N. The molecule has 1 saturated carbocycles. The lowest BCUT2D eigenvalue weighted by atomic mass is 9.98. The van der Waals surface area contributed by atoms with Crippen molar-refractivity contribution in [1.29, 1.82) is 5.41 Å². The highest BCUT2D eigenvalue weighted by molar-refractivity contribution is 5.99. The van der Waals surface area contributed by atoms with Crippen LogP contribution >= 0.6 is 0 Å². The molecule has 3 amide bonds. The van der Waals surface area contributed by atoms with E-state index in [-0.39, 0.29) is 18.3 Å². The minimum atomic E-state index is -1.05. The molecule has 11 nitrogen and oxygen atoms in total. The Bertz CT molecular complexity index is 696. The number of hydrogen-bond acceptors (Lipinski definition) is 7. The van der Waals surface area contributed by atoms with Gasteiger partial charge in [0.1, 0.15) is 12.3 Å². The summed E-state index contributed by atoms with van der Waals surface area (Å²) in [6.45, 7) is 0.698. The van der Waals surface area contributed by atoms with Gasteiger partial charge in [-0.05, 0) is 38.0 Å². The number of nitrogens with zero attached hydrogens (tertiary/aromatic N) is 2. The number of nitrogens with two attached hydrogens (primary N) is 2. The van der Waals surface area contributed by atoms with Gasteiger partial charge in [-0.25, -0.2) is 9.69 Å². The zero-order valence-corrected chi connectivity index (χ0v) is 18.8. The Labute approximate surface area is 188 Å². The van der Waals surface area contributed by atoms with Crippen LogP contribution in [0.3, 0.4) is 0 Å². The summed E-state index contributed by atoms with van der Waals surface area (Å²) in [4.78, 5) is 52.8. The Hall–Kier alpha value is -2.69. The molecule has 2 rings (SSSR count). The van der Waals surface area contributed by atoms with E-state index in [9.17, 15) is 19.2 Å². The molecule has 0 bridgehead atoms. The highest BCUT2D eigenvalue weighted by atomic mass is 16.5. The molecule has 1 saturated heterocycles. The summed E-state index contributed by atoms with van der Waals surface area (Å²) in [5, 5.41) is 9.78. The van der Waals surface area contributed by atoms with Crippen LogP contribution in [-0.4, -0.2) is 78.3 Å². The number of methoxy groups -OCH3 is 1. The zero-order valence-electron chi connectivity index (χ0n) is 18.8. The number of aldehydes is 1. The van der Waals surface area contributed by atoms with Gasteiger partial charge in [0, 0.05) is 13.1 Å². The highest BCUT2D eigenvalue weighted by Gasteiger charge is 2.42. The predicted molar refractivity (Wildman–Crippen MR) is 118 cm³/mol. The fourth-order valence-electron chi connectivity index (χ4n) is 4.65. The third-order valence-electron chi connectivity index (χ3n) is 6.29. The summed E-state index contributed by atoms with van der Waals surface area (Å²) in [5.41, 5.74) is 11.4. The lowest BCUT2D eigenvalue weighted by Crippen LogP contribution is -2.56. The molecule has 180 valence electrons. The number of carbonyl (C=O) groups is 4. The molecule has 0 aromatic carbocycles. The van der Waals surface area contributed by atoms with Gasteiger partial charge in [-0.1, -0.05) is 25.7 Å². The number of amides is 3. The second-order valence-electron chi connectivity index (χ2n) is 8.55. The Morgan fingerprint density at radius 2 is 1.94 bits per heavy atom. The van der Waals surface area contributed by atoms with E-state index in [1.165, 1.54) is 4.90 Å². The van der Waals surface area contributed by atoms with E-state index < -0.39 is 30.1 Å². The van der Waals surface area contributed by atoms with Gasteiger partial charge in [0.05, 0.1) is 19.2 Å². The van der Waals surface area contributed by atoms with Crippen molar-refractivity contribution in [3.63, 3.8) is 0 Å². The smallest absolute Gasteiger partial charge is 0.416 e. The molecule has 1 heterocycles. The van der Waals surface area contributed by atoms with E-state index >= 15 is 0 Å². The lowest BCUT2D eigenvalue weighted by molar-refractivity contribution is -0.145. The molecule has 11 heteroatoms. The number of nitrogens with one attached hydrogen (secondary N) is 2. The van der Waals surface area contributed by atoms with E-state index in [0.717, 1.165) is 37.7 Å². The van der Waals surface area contributed by atoms with Gasteiger partial charge >= 0.3 is 6.09 Å². The van der Waals surface area contributed by atoms with Crippen molar-refractivity contribution in [2.24, 2.45) is 17.4 Å². The largest absolute Gasteiger partial charge is 0.452 e. The quantitative estimate of drug-likeness (QED) is 0.159. The third-order valence-corrected chi connectivity index (χ3v) is 6.29. The van der Waals surface area contributed by atoms with Gasteiger partial charge < -0.3 is 31.2 Å². The maximum absolute atomic E-state index is 13.3. The van der Waals surface area contributed by atoms with Crippen LogP contribution in [0, 0.1) is 11.3 Å². The first kappa shape index (κ1) is 25.6. The van der Waals surface area contributed by atoms with Gasteiger partial charge in [-0.2, -0.15) is 0 Å². The average molecular weight is 453 g/mol. The molecule has 6 N–H and O–H groups in total. The maximum atomic E-state index is 13.3. The van der Waals surface area contributed by atoms with E-state index in [2.05, 4.69) is 5.32 Å². The number of guanidine groups is 1. The standard InChI is InChI=1S/C21H36N6O5/c1-32-21(31)27(15(13-28)8-4-10-25-20(23)24)19(30)17-9-5-11-26(17)18(29)16(22)12-14-6-2-3-7-14/h13-17H,2-12,22H2,1H3,(H4,23,24,25)/t15-,16+,17-/m0/s1. The van der Waals surface area contributed by atoms with Crippen molar-refractivity contribution in [3.8, 4) is 0 Å². The number of hydrogen-bond donors (Lipinski definition) is 4. The predicted octanol–water partition coefficient (Wildman–Crippen LogP) is 0.311. The second kappa shape index (κ2) is 12.4. The van der Waals surface area contributed by atoms with E-state index in [4.69, 9.17) is 21.6 Å². The molecule has 0 unspecified atom stereocenters. The summed E-state index contributed by atoms with van der Waals surface area (Å²) >= 11 is 0. The highest BCUT2D eigenvalue weighted by Crippen LogP contribution is 2.29. The van der Waals surface area contributed by atoms with Crippen LogP contribution in [0.5, 0.6) is 0 Å². The van der Waals surface area contributed by atoms with Crippen LogP contribution in [0.1, 0.15) is 57.8 Å². The van der Waals surface area contributed by atoms with Crippen molar-refractivity contribution >= 4 is 30.2 Å². The van der Waals surface area contributed by atoms with Crippen LogP contribution < -0.4 is 16.8 Å². The van der Waals surface area contributed by atoms with Gasteiger partial charge in [-0.3, -0.25) is 15.0 Å². The first-order chi connectivity index (χ1) is 15.3. The molecule has 0 aromatic rings. The van der Waals surface area contributed by atoms with Gasteiger partial charge in [-0.15, -0.1) is 0 Å². The van der Waals surface area contributed by atoms with Crippen molar-refractivity contribution in [2.75, 3.05) is 20.2 Å². The topological polar surface area (TPSA) is 172 Å². The number of rotatable bonds is 10. The maximum Gasteiger partial charge on any atom is 0.416 e. The van der Waals surface area contributed by atoms with Crippen LogP contribution in [0.2, 0.25) is 0 Å². The monoisotopic (exact) mass is 452 g/mol. The van der Waals surface area contributed by atoms with Crippen LogP contribution in [0.15, 0.2) is 0 Å². The molecule has 1 aliphatic carbocycles. The number of likely N-dealkylation sites (tertiary alicyclic amines) is 1. The molecule has 0 radical (unpaired) electrons. The summed E-state index contributed by atoms with van der Waals surface area (Å²) in [6.07, 6.45) is 6.19. The van der Waals surface area contributed by atoms with Crippen LogP contribution in [0.25, 0.3) is 0 Å². The normalized spacial score (nSPS) is 20.4. The molecule has 3 atom stereocenters. The number of carbonyl (C=O) groups excluding carboxylic acids is 4. The molecule has 2 aliphatic rings. The lowest BCUT2D eigenvalue weighted by Gasteiger charge is -2.32. The Morgan fingerprint density at radius 3 is 2.53 bits per heavy atom. The fourth-order valence-corrected chi connectivity index (χ4v) is 4.65. The van der Waals surface area contributed by atoms with E-state index in [1.807, 2.05) is 0 Å². The summed E-state index contributed by atoms with van der Waals surface area (Å²) in [5.74, 6) is -0.693. The first-order valence-corrected chi connectivity index (χ1v) is 11.3. The first-order valence-electron chi connectivity index (χ1n) is 11.3. The summed E-state index contributed by atoms with van der Waals surface area (Å²) in [6, 6.07) is -2.58. The second-order valence-corrected chi connectivity index (χ2v) is 8.55. The van der Waals surface area contributed by atoms with Gasteiger partial charge in [0.15, 0.2) is 5.96 Å². The number of ether oxygens (including phenoxy) is 1. The van der Waals surface area contributed by atoms with Gasteiger partial charge in [0.25, 0.3) is 5.91 Å². The minimum Gasteiger partial charge on any atom is -0.452 e.